The molecule has 19 heavy (non-hydrogen) atoms. The van der Waals surface area contributed by atoms with Crippen molar-refractivity contribution in [2.45, 2.75) is 45.2 Å². The lowest BCUT2D eigenvalue weighted by Gasteiger charge is -2.35. The summed E-state index contributed by atoms with van der Waals surface area (Å²) >= 11 is 0. The van der Waals surface area contributed by atoms with Gasteiger partial charge in [0.25, 0.3) is 0 Å². The van der Waals surface area contributed by atoms with Crippen molar-refractivity contribution in [3.8, 4) is 5.75 Å². The van der Waals surface area contributed by atoms with E-state index in [1.54, 1.807) is 0 Å². The molecule has 0 saturated carbocycles. The van der Waals surface area contributed by atoms with Gasteiger partial charge in [-0.3, -0.25) is 4.90 Å². The Morgan fingerprint density at radius 1 is 1.26 bits per heavy atom. The maximum absolute atomic E-state index is 5.96. The number of hydrogen-bond acceptors (Lipinski definition) is 3. The number of piperidine rings is 1. The molecular formula is C16H26N2O. The normalized spacial score (nSPS) is 19.3. The summed E-state index contributed by atoms with van der Waals surface area (Å²) in [6.07, 6.45) is 3.27. The van der Waals surface area contributed by atoms with E-state index < -0.39 is 0 Å². The highest BCUT2D eigenvalue weighted by molar-refractivity contribution is 5.29. The van der Waals surface area contributed by atoms with Crippen LogP contribution in [0.15, 0.2) is 24.3 Å². The smallest absolute Gasteiger partial charge is 0.119 e. The van der Waals surface area contributed by atoms with E-state index in [-0.39, 0.29) is 0 Å². The van der Waals surface area contributed by atoms with Gasteiger partial charge in [-0.1, -0.05) is 19.1 Å². The fourth-order valence-corrected chi connectivity index (χ4v) is 2.58. The molecule has 1 unspecified atom stereocenters. The fourth-order valence-electron chi connectivity index (χ4n) is 2.58. The third kappa shape index (κ3) is 3.95. The van der Waals surface area contributed by atoms with Gasteiger partial charge in [-0.25, -0.2) is 0 Å². The fraction of sp³-hybridized carbons (Fsp3) is 0.625. The summed E-state index contributed by atoms with van der Waals surface area (Å²) in [5.74, 6) is 0.971. The molecule has 0 aliphatic carbocycles. The molecule has 2 rings (SSSR count). The minimum atomic E-state index is 0.397. The van der Waals surface area contributed by atoms with Crippen molar-refractivity contribution < 1.29 is 4.74 Å². The van der Waals surface area contributed by atoms with Crippen molar-refractivity contribution in [2.75, 3.05) is 19.7 Å². The van der Waals surface area contributed by atoms with Crippen LogP contribution in [0.2, 0.25) is 0 Å². The van der Waals surface area contributed by atoms with Crippen LogP contribution in [0, 0.1) is 0 Å². The second-order valence-electron chi connectivity index (χ2n) is 5.47. The Kier molecular flexibility index (Phi) is 5.23. The lowest BCUT2D eigenvalue weighted by molar-refractivity contribution is 0.163. The van der Waals surface area contributed by atoms with E-state index in [2.05, 4.69) is 43.0 Å². The quantitative estimate of drug-likeness (QED) is 0.886. The van der Waals surface area contributed by atoms with Crippen molar-refractivity contribution in [3.63, 3.8) is 0 Å². The zero-order chi connectivity index (χ0) is 13.7. The zero-order valence-corrected chi connectivity index (χ0v) is 12.1. The first kappa shape index (κ1) is 14.4. The zero-order valence-electron chi connectivity index (χ0n) is 12.1. The Bertz CT molecular complexity index is 369. The number of likely N-dealkylation sites (tertiary alicyclic amines) is 1. The molecule has 0 radical (unpaired) electrons. The molecule has 1 aromatic rings. The number of nitrogens with two attached hydrogens (primary N) is 1. The van der Waals surface area contributed by atoms with Gasteiger partial charge in [0.1, 0.15) is 5.75 Å². The van der Waals surface area contributed by atoms with Gasteiger partial charge in [-0.2, -0.15) is 0 Å². The molecule has 0 aromatic heterocycles. The SMILES string of the molecule is CCCOc1ccc(C(C)N2CCC(N)CC2)cc1. The third-order valence-corrected chi connectivity index (χ3v) is 3.96. The summed E-state index contributed by atoms with van der Waals surface area (Å²) in [6, 6.07) is 9.39. The first-order valence-corrected chi connectivity index (χ1v) is 7.43. The predicted molar refractivity (Wildman–Crippen MR) is 79.4 cm³/mol. The molecule has 0 spiro atoms. The number of hydrogen-bond donors (Lipinski definition) is 1. The van der Waals surface area contributed by atoms with E-state index in [1.165, 1.54) is 5.56 Å². The van der Waals surface area contributed by atoms with Crippen molar-refractivity contribution in [2.24, 2.45) is 5.73 Å². The Morgan fingerprint density at radius 3 is 2.47 bits per heavy atom. The highest BCUT2D eigenvalue weighted by Crippen LogP contribution is 2.25. The Labute approximate surface area is 116 Å². The Hall–Kier alpha value is -1.06. The van der Waals surface area contributed by atoms with Crippen LogP contribution in [0.3, 0.4) is 0 Å². The summed E-state index contributed by atoms with van der Waals surface area (Å²) in [7, 11) is 0. The van der Waals surface area contributed by atoms with Crippen molar-refractivity contribution in [1.82, 2.24) is 4.90 Å². The molecule has 0 amide bonds. The lowest BCUT2D eigenvalue weighted by atomic mass is 10.0. The summed E-state index contributed by atoms with van der Waals surface area (Å²) in [5.41, 5.74) is 7.32. The molecular weight excluding hydrogens is 236 g/mol. The second-order valence-corrected chi connectivity index (χ2v) is 5.47. The molecule has 2 N–H and O–H groups in total. The van der Waals surface area contributed by atoms with Gasteiger partial charge in [0, 0.05) is 25.2 Å². The van der Waals surface area contributed by atoms with E-state index in [9.17, 15) is 0 Å². The summed E-state index contributed by atoms with van der Waals surface area (Å²) in [5, 5.41) is 0. The van der Waals surface area contributed by atoms with Crippen LogP contribution < -0.4 is 10.5 Å². The van der Waals surface area contributed by atoms with Crippen LogP contribution in [-0.4, -0.2) is 30.6 Å². The van der Waals surface area contributed by atoms with E-state index in [4.69, 9.17) is 10.5 Å². The van der Waals surface area contributed by atoms with E-state index in [0.29, 0.717) is 12.1 Å². The monoisotopic (exact) mass is 262 g/mol. The molecule has 106 valence electrons. The van der Waals surface area contributed by atoms with Crippen LogP contribution in [0.5, 0.6) is 5.75 Å². The first-order valence-electron chi connectivity index (χ1n) is 7.43. The van der Waals surface area contributed by atoms with Crippen LogP contribution in [-0.2, 0) is 0 Å². The van der Waals surface area contributed by atoms with E-state index >= 15 is 0 Å². The van der Waals surface area contributed by atoms with Gasteiger partial charge in [-0.15, -0.1) is 0 Å². The molecule has 1 atom stereocenters. The topological polar surface area (TPSA) is 38.5 Å². The molecule has 1 fully saturated rings. The second kappa shape index (κ2) is 6.92. The highest BCUT2D eigenvalue weighted by atomic mass is 16.5. The van der Waals surface area contributed by atoms with Crippen LogP contribution in [0.1, 0.15) is 44.7 Å². The molecule has 3 heteroatoms. The standard InChI is InChI=1S/C16H26N2O/c1-3-12-19-16-6-4-14(5-7-16)13(2)18-10-8-15(17)9-11-18/h4-7,13,15H,3,8-12,17H2,1-2H3. The molecule has 1 aliphatic heterocycles. The predicted octanol–water partition coefficient (Wildman–Crippen LogP) is 2.96. The Balaban J connectivity index is 1.93. The average Bonchev–Trinajstić information content (AvgIpc) is 2.46. The lowest BCUT2D eigenvalue weighted by Crippen LogP contribution is -2.40. The van der Waals surface area contributed by atoms with Crippen molar-refractivity contribution in [3.05, 3.63) is 29.8 Å². The summed E-state index contributed by atoms with van der Waals surface area (Å²) in [6.45, 7) is 7.40. The van der Waals surface area contributed by atoms with Crippen LogP contribution >= 0.6 is 0 Å². The first-order chi connectivity index (χ1) is 9.20. The largest absolute Gasteiger partial charge is 0.494 e. The minimum absolute atomic E-state index is 0.397. The average molecular weight is 262 g/mol. The number of benzene rings is 1. The van der Waals surface area contributed by atoms with E-state index in [0.717, 1.165) is 44.7 Å². The molecule has 1 saturated heterocycles. The van der Waals surface area contributed by atoms with Crippen LogP contribution in [0.4, 0.5) is 0 Å². The number of ether oxygens (including phenoxy) is 1. The van der Waals surface area contributed by atoms with Gasteiger partial charge < -0.3 is 10.5 Å². The van der Waals surface area contributed by atoms with Gasteiger partial charge in [0.2, 0.25) is 0 Å². The molecule has 1 aliphatic rings. The summed E-state index contributed by atoms with van der Waals surface area (Å²) in [4.78, 5) is 2.52. The minimum Gasteiger partial charge on any atom is -0.494 e. The van der Waals surface area contributed by atoms with Gasteiger partial charge in [0.05, 0.1) is 6.61 Å². The van der Waals surface area contributed by atoms with Gasteiger partial charge in [-0.05, 0) is 43.9 Å². The number of rotatable bonds is 5. The maximum atomic E-state index is 5.96. The highest BCUT2D eigenvalue weighted by Gasteiger charge is 2.21. The molecule has 1 aromatic carbocycles. The summed E-state index contributed by atoms with van der Waals surface area (Å²) < 4.78 is 5.62. The van der Waals surface area contributed by atoms with Crippen molar-refractivity contribution >= 4 is 0 Å². The third-order valence-electron chi connectivity index (χ3n) is 3.96. The van der Waals surface area contributed by atoms with Crippen molar-refractivity contribution in [1.29, 1.82) is 0 Å². The number of nitrogens with zero attached hydrogens (tertiary/aromatic N) is 1. The van der Waals surface area contributed by atoms with Gasteiger partial charge in [0.15, 0.2) is 0 Å². The van der Waals surface area contributed by atoms with Gasteiger partial charge >= 0.3 is 0 Å². The van der Waals surface area contributed by atoms with E-state index in [1.807, 2.05) is 0 Å². The Morgan fingerprint density at radius 2 is 1.89 bits per heavy atom. The molecule has 3 nitrogen and oxygen atoms in total. The molecule has 0 bridgehead atoms. The maximum Gasteiger partial charge on any atom is 0.119 e. The van der Waals surface area contributed by atoms with Crippen LogP contribution in [0.25, 0.3) is 0 Å². The molecule has 1 heterocycles.